The molecule has 10 heavy (non-hydrogen) atoms. The molecule has 1 aliphatic rings. The first-order chi connectivity index (χ1) is 4.61. The molecule has 58 valence electrons. The van der Waals surface area contributed by atoms with Crippen molar-refractivity contribution in [1.82, 2.24) is 0 Å². The first-order valence-corrected chi connectivity index (χ1v) is 3.94. The van der Waals surface area contributed by atoms with E-state index in [1.165, 1.54) is 5.57 Å². The molecule has 1 saturated carbocycles. The van der Waals surface area contributed by atoms with Crippen molar-refractivity contribution in [2.45, 2.75) is 32.8 Å². The molecule has 0 amide bonds. The van der Waals surface area contributed by atoms with Gasteiger partial charge in [-0.15, -0.1) is 0 Å². The molecule has 0 aromatic heterocycles. The first-order valence-electron chi connectivity index (χ1n) is 3.94. The minimum absolute atomic E-state index is 0.0818. The van der Waals surface area contributed by atoms with Gasteiger partial charge in [0.2, 0.25) is 0 Å². The Bertz CT molecular complexity index is 130. The van der Waals surface area contributed by atoms with E-state index >= 15 is 0 Å². The van der Waals surface area contributed by atoms with Crippen LogP contribution < -0.4 is 0 Å². The van der Waals surface area contributed by atoms with E-state index in [4.69, 9.17) is 0 Å². The van der Waals surface area contributed by atoms with E-state index in [0.29, 0.717) is 11.8 Å². The highest BCUT2D eigenvalue weighted by molar-refractivity contribution is 5.01. The molecule has 1 heteroatoms. The number of allylic oxidation sites excluding steroid dienone is 1. The molecule has 1 rings (SSSR count). The van der Waals surface area contributed by atoms with Gasteiger partial charge in [0, 0.05) is 0 Å². The Balaban J connectivity index is 2.49. The maximum atomic E-state index is 9.38. The molecule has 1 unspecified atom stereocenters. The van der Waals surface area contributed by atoms with Crippen LogP contribution in [0.2, 0.25) is 0 Å². The van der Waals surface area contributed by atoms with Gasteiger partial charge in [-0.25, -0.2) is 0 Å². The Labute approximate surface area is 62.8 Å². The summed E-state index contributed by atoms with van der Waals surface area (Å²) in [4.78, 5) is 0. The van der Waals surface area contributed by atoms with Crippen molar-refractivity contribution in [2.24, 2.45) is 11.8 Å². The minimum atomic E-state index is -0.0818. The molecule has 0 heterocycles. The molecular formula is C9H16O. The molecule has 3 atom stereocenters. The number of hydrogen-bond acceptors (Lipinski definition) is 1. The van der Waals surface area contributed by atoms with Crippen molar-refractivity contribution in [3.63, 3.8) is 0 Å². The molecule has 0 spiro atoms. The van der Waals surface area contributed by atoms with E-state index in [-0.39, 0.29) is 6.10 Å². The molecule has 1 aliphatic carbocycles. The second-order valence-electron chi connectivity index (χ2n) is 3.56. The molecule has 1 N–H and O–H groups in total. The zero-order valence-electron chi connectivity index (χ0n) is 6.80. The van der Waals surface area contributed by atoms with Gasteiger partial charge in [-0.3, -0.25) is 0 Å². The molecule has 0 bridgehead atoms. The molecule has 0 aromatic rings. The van der Waals surface area contributed by atoms with Gasteiger partial charge in [-0.2, -0.15) is 0 Å². The average molecular weight is 140 g/mol. The summed E-state index contributed by atoms with van der Waals surface area (Å²) in [6, 6.07) is 0. The quantitative estimate of drug-likeness (QED) is 0.552. The van der Waals surface area contributed by atoms with E-state index in [9.17, 15) is 5.11 Å². The Morgan fingerprint density at radius 3 is 2.30 bits per heavy atom. The molecule has 1 nitrogen and oxygen atoms in total. The largest absolute Gasteiger partial charge is 0.393 e. The Kier molecular flexibility index (Phi) is 2.14. The third-order valence-corrected chi connectivity index (χ3v) is 2.54. The molecule has 0 radical (unpaired) electrons. The zero-order chi connectivity index (χ0) is 7.72. The van der Waals surface area contributed by atoms with Gasteiger partial charge in [0.1, 0.15) is 0 Å². The summed E-state index contributed by atoms with van der Waals surface area (Å²) in [5.41, 5.74) is 1.23. The van der Waals surface area contributed by atoms with Gasteiger partial charge in [0.05, 0.1) is 6.10 Å². The van der Waals surface area contributed by atoms with Crippen molar-refractivity contribution in [2.75, 3.05) is 0 Å². The summed E-state index contributed by atoms with van der Waals surface area (Å²) >= 11 is 0. The number of aliphatic hydroxyl groups excluding tert-OH is 1. The van der Waals surface area contributed by atoms with Gasteiger partial charge in [-0.1, -0.05) is 19.1 Å². The van der Waals surface area contributed by atoms with E-state index in [0.717, 1.165) is 12.8 Å². The number of rotatable bonds is 1. The van der Waals surface area contributed by atoms with Crippen molar-refractivity contribution >= 4 is 0 Å². The lowest BCUT2D eigenvalue weighted by molar-refractivity contribution is 0.140. The van der Waals surface area contributed by atoms with Gasteiger partial charge in [-0.05, 0) is 31.6 Å². The Hall–Kier alpha value is -0.300. The average Bonchev–Trinajstić information content (AvgIpc) is 2.13. The van der Waals surface area contributed by atoms with Crippen molar-refractivity contribution in [3.05, 3.63) is 12.2 Å². The van der Waals surface area contributed by atoms with Crippen LogP contribution in [0, 0.1) is 11.8 Å². The molecule has 0 aliphatic heterocycles. The van der Waals surface area contributed by atoms with Crippen LogP contribution in [0.25, 0.3) is 0 Å². The van der Waals surface area contributed by atoms with Crippen LogP contribution in [0.5, 0.6) is 0 Å². The van der Waals surface area contributed by atoms with Crippen LogP contribution in [-0.2, 0) is 0 Å². The Morgan fingerprint density at radius 1 is 1.50 bits per heavy atom. The summed E-state index contributed by atoms with van der Waals surface area (Å²) in [6.45, 7) is 8.05. The van der Waals surface area contributed by atoms with Gasteiger partial charge in [0.15, 0.2) is 0 Å². The number of aliphatic hydroxyl groups is 1. The molecule has 1 fully saturated rings. The number of hydrogen-bond donors (Lipinski definition) is 1. The third kappa shape index (κ3) is 1.40. The SMILES string of the molecule is C=C(C)C1C[C@H](C)[C@@H](O)C1. The molecular weight excluding hydrogens is 124 g/mol. The van der Waals surface area contributed by atoms with Crippen LogP contribution >= 0.6 is 0 Å². The summed E-state index contributed by atoms with van der Waals surface area (Å²) < 4.78 is 0. The van der Waals surface area contributed by atoms with Crippen LogP contribution in [0.15, 0.2) is 12.2 Å². The van der Waals surface area contributed by atoms with E-state index < -0.39 is 0 Å². The van der Waals surface area contributed by atoms with Gasteiger partial charge >= 0.3 is 0 Å². The molecule has 0 saturated heterocycles. The second kappa shape index (κ2) is 2.75. The lowest BCUT2D eigenvalue weighted by atomic mass is 10.00. The summed E-state index contributed by atoms with van der Waals surface area (Å²) in [6.07, 6.45) is 1.97. The highest BCUT2D eigenvalue weighted by atomic mass is 16.3. The summed E-state index contributed by atoms with van der Waals surface area (Å²) in [7, 11) is 0. The fourth-order valence-electron chi connectivity index (χ4n) is 1.63. The fraction of sp³-hybridized carbons (Fsp3) is 0.778. The third-order valence-electron chi connectivity index (χ3n) is 2.54. The predicted octanol–water partition coefficient (Wildman–Crippen LogP) is 1.97. The van der Waals surface area contributed by atoms with Crippen LogP contribution in [0.3, 0.4) is 0 Å². The van der Waals surface area contributed by atoms with Crippen molar-refractivity contribution < 1.29 is 5.11 Å². The maximum Gasteiger partial charge on any atom is 0.0571 e. The fourth-order valence-corrected chi connectivity index (χ4v) is 1.63. The summed E-state index contributed by atoms with van der Waals surface area (Å²) in [5, 5.41) is 9.38. The van der Waals surface area contributed by atoms with Crippen LogP contribution in [0.1, 0.15) is 26.7 Å². The van der Waals surface area contributed by atoms with Crippen LogP contribution in [-0.4, -0.2) is 11.2 Å². The normalized spacial score (nSPS) is 40.1. The lowest BCUT2D eigenvalue weighted by Gasteiger charge is -2.06. The monoisotopic (exact) mass is 140 g/mol. The minimum Gasteiger partial charge on any atom is -0.393 e. The first kappa shape index (κ1) is 7.80. The van der Waals surface area contributed by atoms with E-state index in [1.54, 1.807) is 0 Å². The maximum absolute atomic E-state index is 9.38. The van der Waals surface area contributed by atoms with Crippen molar-refractivity contribution in [1.29, 1.82) is 0 Å². The lowest BCUT2D eigenvalue weighted by Crippen LogP contribution is -2.08. The zero-order valence-corrected chi connectivity index (χ0v) is 6.80. The summed E-state index contributed by atoms with van der Waals surface area (Å²) in [5.74, 6) is 1.05. The topological polar surface area (TPSA) is 20.2 Å². The standard InChI is InChI=1S/C9H16O/c1-6(2)8-4-7(3)9(10)5-8/h7-10H,1,4-5H2,2-3H3/t7-,8?,9-/m0/s1. The predicted molar refractivity (Wildman–Crippen MR) is 42.7 cm³/mol. The van der Waals surface area contributed by atoms with E-state index in [2.05, 4.69) is 20.4 Å². The van der Waals surface area contributed by atoms with Gasteiger partial charge < -0.3 is 5.11 Å². The highest BCUT2D eigenvalue weighted by Crippen LogP contribution is 2.34. The second-order valence-corrected chi connectivity index (χ2v) is 3.56. The highest BCUT2D eigenvalue weighted by Gasteiger charge is 2.29. The van der Waals surface area contributed by atoms with Crippen molar-refractivity contribution in [3.8, 4) is 0 Å². The Morgan fingerprint density at radius 2 is 2.10 bits per heavy atom. The van der Waals surface area contributed by atoms with Gasteiger partial charge in [0.25, 0.3) is 0 Å². The molecule has 0 aromatic carbocycles. The van der Waals surface area contributed by atoms with E-state index in [1.807, 2.05) is 0 Å². The smallest absolute Gasteiger partial charge is 0.0571 e. The van der Waals surface area contributed by atoms with Crippen LogP contribution in [0.4, 0.5) is 0 Å².